The molecule has 0 atom stereocenters. The lowest BCUT2D eigenvalue weighted by Gasteiger charge is -2.30. The average Bonchev–Trinajstić information content (AvgIpc) is 2.70. The zero-order valence-electron chi connectivity index (χ0n) is 15.2. The number of anilines is 1. The van der Waals surface area contributed by atoms with Gasteiger partial charge in [0.2, 0.25) is 10.0 Å². The maximum atomic E-state index is 12.9. The van der Waals surface area contributed by atoms with Gasteiger partial charge in [0.25, 0.3) is 5.91 Å². The molecule has 0 spiro atoms. The van der Waals surface area contributed by atoms with Crippen molar-refractivity contribution in [1.29, 1.82) is 0 Å². The molecule has 1 fully saturated rings. The molecule has 7 heteroatoms. The second kappa shape index (κ2) is 8.42. The lowest BCUT2D eigenvalue weighted by molar-refractivity contribution is 0.102. The molecule has 27 heavy (non-hydrogen) atoms. The first-order valence-electron chi connectivity index (χ1n) is 9.03. The Morgan fingerprint density at radius 1 is 1.04 bits per heavy atom. The highest BCUT2D eigenvalue weighted by atomic mass is 35.5. The van der Waals surface area contributed by atoms with Crippen LogP contribution in [-0.2, 0) is 10.0 Å². The van der Waals surface area contributed by atoms with Crippen LogP contribution in [0.25, 0.3) is 0 Å². The molecule has 3 rings (SSSR count). The normalized spacial score (nSPS) is 15.7. The molecule has 2 aromatic carbocycles. The van der Waals surface area contributed by atoms with E-state index in [4.69, 9.17) is 11.6 Å². The molecule has 1 N–H and O–H groups in total. The molecule has 0 radical (unpaired) electrons. The minimum Gasteiger partial charge on any atom is -0.321 e. The molecule has 1 aliphatic rings. The van der Waals surface area contributed by atoms with Crippen LogP contribution in [0.2, 0.25) is 5.02 Å². The molecule has 0 aromatic heterocycles. The predicted octanol–water partition coefficient (Wildman–Crippen LogP) is 4.55. The third-order valence-electron chi connectivity index (χ3n) is 5.00. The lowest BCUT2D eigenvalue weighted by Crippen LogP contribution is -2.38. The van der Waals surface area contributed by atoms with Crippen molar-refractivity contribution in [3.63, 3.8) is 0 Å². The fourth-order valence-electron chi connectivity index (χ4n) is 3.34. The number of rotatable bonds is 5. The van der Waals surface area contributed by atoms with E-state index in [2.05, 4.69) is 5.32 Å². The van der Waals surface area contributed by atoms with Crippen LogP contribution >= 0.6 is 11.6 Å². The second-order valence-electron chi connectivity index (χ2n) is 6.77. The molecule has 1 saturated carbocycles. The zero-order chi connectivity index (χ0) is 19.4. The number of amides is 1. The van der Waals surface area contributed by atoms with E-state index in [1.165, 1.54) is 35.0 Å². The standard InChI is InChI=1S/C20H23ClN2O3S/c1-23(16-7-3-2-4-8-16)27(25,26)17-13-11-15(12-14-17)20(24)22-19-10-6-5-9-18(19)21/h5-6,9-14,16H,2-4,7-8H2,1H3,(H,22,24). The first-order chi connectivity index (χ1) is 12.9. The number of benzene rings is 2. The monoisotopic (exact) mass is 406 g/mol. The SMILES string of the molecule is CN(C1CCCCC1)S(=O)(=O)c1ccc(C(=O)Nc2ccccc2Cl)cc1. The summed E-state index contributed by atoms with van der Waals surface area (Å²) in [5.74, 6) is -0.340. The minimum absolute atomic E-state index is 0.0481. The van der Waals surface area contributed by atoms with Crippen molar-refractivity contribution in [2.75, 3.05) is 12.4 Å². The van der Waals surface area contributed by atoms with Crippen molar-refractivity contribution in [3.05, 3.63) is 59.1 Å². The molecule has 5 nitrogen and oxygen atoms in total. The largest absolute Gasteiger partial charge is 0.321 e. The number of nitrogens with one attached hydrogen (secondary N) is 1. The summed E-state index contributed by atoms with van der Waals surface area (Å²) < 4.78 is 27.2. The van der Waals surface area contributed by atoms with Crippen molar-refractivity contribution in [1.82, 2.24) is 4.31 Å². The first-order valence-corrected chi connectivity index (χ1v) is 10.9. The molecule has 144 valence electrons. The van der Waals surface area contributed by atoms with Crippen molar-refractivity contribution in [2.24, 2.45) is 0 Å². The minimum atomic E-state index is -3.57. The van der Waals surface area contributed by atoms with E-state index in [1.54, 1.807) is 31.3 Å². The number of para-hydroxylation sites is 1. The maximum Gasteiger partial charge on any atom is 0.255 e. The Morgan fingerprint density at radius 3 is 2.30 bits per heavy atom. The summed E-state index contributed by atoms with van der Waals surface area (Å²) in [7, 11) is -1.92. The summed E-state index contributed by atoms with van der Waals surface area (Å²) in [6, 6.07) is 13.0. The van der Waals surface area contributed by atoms with Gasteiger partial charge in [-0.1, -0.05) is 43.0 Å². The predicted molar refractivity (Wildman–Crippen MR) is 108 cm³/mol. The Balaban J connectivity index is 1.74. The van der Waals surface area contributed by atoms with Gasteiger partial charge in [0, 0.05) is 18.7 Å². The highest BCUT2D eigenvalue weighted by molar-refractivity contribution is 7.89. The van der Waals surface area contributed by atoms with Gasteiger partial charge < -0.3 is 5.32 Å². The topological polar surface area (TPSA) is 66.5 Å². The van der Waals surface area contributed by atoms with Crippen LogP contribution in [0.3, 0.4) is 0 Å². The van der Waals surface area contributed by atoms with Gasteiger partial charge in [-0.3, -0.25) is 4.79 Å². The quantitative estimate of drug-likeness (QED) is 0.792. The molecule has 1 aliphatic carbocycles. The number of hydrogen-bond donors (Lipinski definition) is 1. The van der Waals surface area contributed by atoms with Crippen molar-refractivity contribution in [2.45, 2.75) is 43.0 Å². The van der Waals surface area contributed by atoms with E-state index in [-0.39, 0.29) is 16.8 Å². The highest BCUT2D eigenvalue weighted by Gasteiger charge is 2.29. The third-order valence-corrected chi connectivity index (χ3v) is 7.26. The van der Waals surface area contributed by atoms with Gasteiger partial charge in [-0.15, -0.1) is 0 Å². The summed E-state index contributed by atoms with van der Waals surface area (Å²) in [6.07, 6.45) is 5.08. The van der Waals surface area contributed by atoms with E-state index < -0.39 is 10.0 Å². The third kappa shape index (κ3) is 4.51. The van der Waals surface area contributed by atoms with Crippen LogP contribution in [0.15, 0.2) is 53.4 Å². The van der Waals surface area contributed by atoms with Gasteiger partial charge >= 0.3 is 0 Å². The van der Waals surface area contributed by atoms with Gasteiger partial charge in [0.1, 0.15) is 0 Å². The van der Waals surface area contributed by atoms with Crippen molar-refractivity contribution < 1.29 is 13.2 Å². The smallest absolute Gasteiger partial charge is 0.255 e. The molecule has 2 aromatic rings. The fourth-order valence-corrected chi connectivity index (χ4v) is 4.94. The van der Waals surface area contributed by atoms with Crippen LogP contribution in [0.4, 0.5) is 5.69 Å². The molecule has 0 heterocycles. The van der Waals surface area contributed by atoms with Gasteiger partial charge in [0.05, 0.1) is 15.6 Å². The average molecular weight is 407 g/mol. The van der Waals surface area contributed by atoms with Crippen LogP contribution in [0.5, 0.6) is 0 Å². The van der Waals surface area contributed by atoms with E-state index >= 15 is 0 Å². The van der Waals surface area contributed by atoms with E-state index in [0.29, 0.717) is 16.3 Å². The number of nitrogens with zero attached hydrogens (tertiary/aromatic N) is 1. The van der Waals surface area contributed by atoms with E-state index in [9.17, 15) is 13.2 Å². The summed E-state index contributed by atoms with van der Waals surface area (Å²) in [5.41, 5.74) is 0.882. The summed E-state index contributed by atoms with van der Waals surface area (Å²) in [5, 5.41) is 3.17. The first kappa shape index (κ1) is 19.9. The Hall–Kier alpha value is -1.89. The maximum absolute atomic E-state index is 12.9. The number of carbonyl (C=O) groups excluding carboxylic acids is 1. The number of halogens is 1. The summed E-state index contributed by atoms with van der Waals surface area (Å²) in [4.78, 5) is 12.6. The lowest BCUT2D eigenvalue weighted by atomic mass is 9.96. The molecule has 0 bridgehead atoms. The van der Waals surface area contributed by atoms with Crippen molar-refractivity contribution >= 4 is 33.2 Å². The van der Waals surface area contributed by atoms with Gasteiger partial charge in [0.15, 0.2) is 0 Å². The molecule has 0 aliphatic heterocycles. The number of hydrogen-bond acceptors (Lipinski definition) is 3. The molecule has 1 amide bonds. The van der Waals surface area contributed by atoms with Crippen LogP contribution in [-0.4, -0.2) is 31.7 Å². The van der Waals surface area contributed by atoms with Crippen LogP contribution < -0.4 is 5.32 Å². The summed E-state index contributed by atoms with van der Waals surface area (Å²) >= 11 is 6.05. The molecular weight excluding hydrogens is 384 g/mol. The zero-order valence-corrected chi connectivity index (χ0v) is 16.8. The second-order valence-corrected chi connectivity index (χ2v) is 9.18. The van der Waals surface area contributed by atoms with Crippen LogP contribution in [0, 0.1) is 0 Å². The van der Waals surface area contributed by atoms with E-state index in [1.807, 2.05) is 0 Å². The Morgan fingerprint density at radius 2 is 1.67 bits per heavy atom. The Bertz CT molecular complexity index is 907. The van der Waals surface area contributed by atoms with Gasteiger partial charge in [-0.05, 0) is 49.2 Å². The fraction of sp³-hybridized carbons (Fsp3) is 0.350. The summed E-state index contributed by atoms with van der Waals surface area (Å²) in [6.45, 7) is 0. The van der Waals surface area contributed by atoms with E-state index in [0.717, 1.165) is 25.7 Å². The molecule has 0 saturated heterocycles. The number of carbonyl (C=O) groups is 1. The highest BCUT2D eigenvalue weighted by Crippen LogP contribution is 2.27. The van der Waals surface area contributed by atoms with Crippen molar-refractivity contribution in [3.8, 4) is 0 Å². The van der Waals surface area contributed by atoms with Crippen LogP contribution in [0.1, 0.15) is 42.5 Å². The van der Waals surface area contributed by atoms with Gasteiger partial charge in [-0.2, -0.15) is 4.31 Å². The molecular formula is C20H23ClN2O3S. The number of sulfonamides is 1. The Kier molecular flexibility index (Phi) is 6.19. The Labute approximate surface area is 165 Å². The van der Waals surface area contributed by atoms with Gasteiger partial charge in [-0.25, -0.2) is 8.42 Å². The molecule has 0 unspecified atom stereocenters.